The Labute approximate surface area is 148 Å². The maximum atomic E-state index is 14.1. The van der Waals surface area contributed by atoms with Gasteiger partial charge in [0.05, 0.1) is 23.1 Å². The van der Waals surface area contributed by atoms with E-state index >= 15 is 0 Å². The number of methoxy groups -OCH3 is 1. The van der Waals surface area contributed by atoms with Crippen LogP contribution in [0.2, 0.25) is 0 Å². The number of benzene rings is 1. The first-order chi connectivity index (χ1) is 12.1. The third-order valence-corrected chi connectivity index (χ3v) is 5.69. The van der Waals surface area contributed by atoms with Gasteiger partial charge in [-0.1, -0.05) is 0 Å². The Morgan fingerprint density at radius 2 is 2.28 bits per heavy atom. The molecule has 0 unspecified atom stereocenters. The van der Waals surface area contributed by atoms with Crippen LogP contribution in [-0.4, -0.2) is 29.2 Å². The average molecular weight is 359 g/mol. The number of hydrogen-bond acceptors (Lipinski definition) is 5. The molecule has 3 aromatic rings. The fourth-order valence-electron chi connectivity index (χ4n) is 3.33. The Kier molecular flexibility index (Phi) is 4.05. The van der Waals surface area contributed by atoms with Gasteiger partial charge in [0.1, 0.15) is 11.3 Å². The standard InChI is InChI=1S/C18H18FN3O2S/c1-3-22-13-8-11(19)7-12(18(23)24-2)16(13)21-17(22)14-6-10-4-5-20-9-15(10)25-14/h6-8,20H,3-5,9H2,1-2H3. The van der Waals surface area contributed by atoms with E-state index in [1.54, 1.807) is 11.3 Å². The van der Waals surface area contributed by atoms with Crippen LogP contribution in [-0.2, 0) is 24.2 Å². The molecule has 0 fully saturated rings. The zero-order chi connectivity index (χ0) is 17.6. The fourth-order valence-corrected chi connectivity index (χ4v) is 4.51. The molecule has 25 heavy (non-hydrogen) atoms. The van der Waals surface area contributed by atoms with Crippen molar-refractivity contribution in [2.75, 3.05) is 13.7 Å². The summed E-state index contributed by atoms with van der Waals surface area (Å²) in [4.78, 5) is 19.1. The highest BCUT2D eigenvalue weighted by atomic mass is 32.1. The molecule has 0 bridgehead atoms. The van der Waals surface area contributed by atoms with Crippen molar-refractivity contribution in [3.05, 3.63) is 40.0 Å². The maximum Gasteiger partial charge on any atom is 0.340 e. The molecule has 1 N–H and O–H groups in total. The van der Waals surface area contributed by atoms with Crippen LogP contribution in [0.1, 0.15) is 27.7 Å². The van der Waals surface area contributed by atoms with E-state index in [1.165, 1.54) is 29.7 Å². The number of aromatic nitrogens is 2. The summed E-state index contributed by atoms with van der Waals surface area (Å²) >= 11 is 1.70. The summed E-state index contributed by atoms with van der Waals surface area (Å²) in [5.74, 6) is -0.275. The zero-order valence-corrected chi connectivity index (χ0v) is 14.9. The van der Waals surface area contributed by atoms with Crippen molar-refractivity contribution in [3.63, 3.8) is 0 Å². The van der Waals surface area contributed by atoms with E-state index in [1.807, 2.05) is 11.5 Å². The van der Waals surface area contributed by atoms with Gasteiger partial charge in [0.2, 0.25) is 0 Å². The molecule has 3 heterocycles. The van der Waals surface area contributed by atoms with Crippen LogP contribution in [0.4, 0.5) is 4.39 Å². The van der Waals surface area contributed by atoms with Crippen molar-refractivity contribution in [1.29, 1.82) is 0 Å². The van der Waals surface area contributed by atoms with Crippen LogP contribution in [0, 0.1) is 5.82 Å². The molecule has 0 amide bonds. The molecule has 5 nitrogen and oxygen atoms in total. The number of nitrogens with one attached hydrogen (secondary N) is 1. The monoisotopic (exact) mass is 359 g/mol. The minimum Gasteiger partial charge on any atom is -0.465 e. The van der Waals surface area contributed by atoms with Crippen molar-refractivity contribution in [2.24, 2.45) is 0 Å². The summed E-state index contributed by atoms with van der Waals surface area (Å²) in [5.41, 5.74) is 2.60. The SMILES string of the molecule is CCn1c(-c2cc3c(s2)CNCC3)nc2c(C(=O)OC)cc(F)cc21. The molecule has 0 saturated carbocycles. The van der Waals surface area contributed by atoms with Gasteiger partial charge in [-0.15, -0.1) is 11.3 Å². The molecule has 0 saturated heterocycles. The lowest BCUT2D eigenvalue weighted by atomic mass is 10.1. The Morgan fingerprint density at radius 1 is 1.44 bits per heavy atom. The quantitative estimate of drug-likeness (QED) is 0.729. The van der Waals surface area contributed by atoms with Gasteiger partial charge in [0.15, 0.2) is 5.82 Å². The summed E-state index contributed by atoms with van der Waals surface area (Å²) in [5, 5.41) is 3.37. The number of fused-ring (bicyclic) bond motifs is 2. The highest BCUT2D eigenvalue weighted by Crippen LogP contribution is 2.35. The zero-order valence-electron chi connectivity index (χ0n) is 14.1. The lowest BCUT2D eigenvalue weighted by Gasteiger charge is -2.10. The topological polar surface area (TPSA) is 56.2 Å². The normalized spacial score (nSPS) is 13.9. The van der Waals surface area contributed by atoms with Crippen LogP contribution in [0.15, 0.2) is 18.2 Å². The van der Waals surface area contributed by atoms with Gasteiger partial charge < -0.3 is 14.6 Å². The van der Waals surface area contributed by atoms with E-state index in [9.17, 15) is 9.18 Å². The summed E-state index contributed by atoms with van der Waals surface area (Å²) in [6.07, 6.45) is 1.00. The minimum atomic E-state index is -0.577. The van der Waals surface area contributed by atoms with Crippen molar-refractivity contribution in [3.8, 4) is 10.7 Å². The van der Waals surface area contributed by atoms with Gasteiger partial charge in [-0.05, 0) is 43.7 Å². The van der Waals surface area contributed by atoms with E-state index < -0.39 is 11.8 Å². The lowest BCUT2D eigenvalue weighted by Crippen LogP contribution is -2.21. The van der Waals surface area contributed by atoms with Gasteiger partial charge in [-0.3, -0.25) is 0 Å². The predicted molar refractivity (Wildman–Crippen MR) is 95.4 cm³/mol. The molecular weight excluding hydrogens is 341 g/mol. The van der Waals surface area contributed by atoms with E-state index in [0.717, 1.165) is 30.2 Å². The summed E-state index contributed by atoms with van der Waals surface area (Å²) in [6, 6.07) is 4.79. The van der Waals surface area contributed by atoms with E-state index in [4.69, 9.17) is 9.72 Å². The number of carbonyl (C=O) groups is 1. The largest absolute Gasteiger partial charge is 0.465 e. The molecule has 2 aromatic heterocycles. The number of ether oxygens (including phenoxy) is 1. The van der Waals surface area contributed by atoms with Gasteiger partial charge in [-0.2, -0.15) is 0 Å². The first kappa shape index (κ1) is 16.2. The molecule has 4 rings (SSSR count). The number of nitrogens with zero attached hydrogens (tertiary/aromatic N) is 2. The smallest absolute Gasteiger partial charge is 0.340 e. The molecule has 7 heteroatoms. The van der Waals surface area contributed by atoms with Gasteiger partial charge in [0, 0.05) is 18.0 Å². The first-order valence-corrected chi connectivity index (χ1v) is 9.04. The summed E-state index contributed by atoms with van der Waals surface area (Å²) in [6.45, 7) is 4.47. The van der Waals surface area contributed by atoms with Crippen LogP contribution in [0.5, 0.6) is 0 Å². The molecular formula is C18H18FN3O2S. The second kappa shape index (κ2) is 6.24. The van der Waals surface area contributed by atoms with Crippen molar-refractivity contribution in [2.45, 2.75) is 26.4 Å². The number of esters is 1. The van der Waals surface area contributed by atoms with E-state index in [2.05, 4.69) is 11.4 Å². The number of thiophene rings is 1. The molecule has 0 aliphatic carbocycles. The summed E-state index contributed by atoms with van der Waals surface area (Å²) in [7, 11) is 1.29. The van der Waals surface area contributed by atoms with Crippen molar-refractivity contribution in [1.82, 2.24) is 14.9 Å². The van der Waals surface area contributed by atoms with Gasteiger partial charge >= 0.3 is 5.97 Å². The van der Waals surface area contributed by atoms with Crippen molar-refractivity contribution >= 4 is 28.3 Å². The number of imidazole rings is 1. The van der Waals surface area contributed by atoms with E-state index in [0.29, 0.717) is 17.6 Å². The fraction of sp³-hybridized carbons (Fsp3) is 0.333. The number of aryl methyl sites for hydroxylation is 1. The highest BCUT2D eigenvalue weighted by molar-refractivity contribution is 7.15. The van der Waals surface area contributed by atoms with Gasteiger partial charge in [0.25, 0.3) is 0 Å². The van der Waals surface area contributed by atoms with Crippen molar-refractivity contribution < 1.29 is 13.9 Å². The molecule has 1 aliphatic rings. The minimum absolute atomic E-state index is 0.161. The Hall–Kier alpha value is -2.25. The molecule has 0 atom stereocenters. The number of halogens is 1. The van der Waals surface area contributed by atoms with Crippen LogP contribution in [0.3, 0.4) is 0 Å². The Morgan fingerprint density at radius 3 is 3.00 bits per heavy atom. The third kappa shape index (κ3) is 2.63. The second-order valence-corrected chi connectivity index (χ2v) is 7.11. The average Bonchev–Trinajstić information content (AvgIpc) is 3.20. The van der Waals surface area contributed by atoms with Crippen LogP contribution >= 0.6 is 11.3 Å². The van der Waals surface area contributed by atoms with Gasteiger partial charge in [-0.25, -0.2) is 14.2 Å². The first-order valence-electron chi connectivity index (χ1n) is 8.23. The number of carbonyl (C=O) groups excluding carboxylic acids is 1. The Balaban J connectivity index is 1.95. The van der Waals surface area contributed by atoms with Crippen LogP contribution < -0.4 is 5.32 Å². The Bertz CT molecular complexity index is 953. The van der Waals surface area contributed by atoms with E-state index in [-0.39, 0.29) is 5.56 Å². The molecule has 0 radical (unpaired) electrons. The lowest BCUT2D eigenvalue weighted by molar-refractivity contribution is 0.0602. The predicted octanol–water partition coefficient (Wildman–Crippen LogP) is 3.36. The second-order valence-electron chi connectivity index (χ2n) is 5.98. The third-order valence-electron chi connectivity index (χ3n) is 4.51. The highest BCUT2D eigenvalue weighted by Gasteiger charge is 2.22. The summed E-state index contributed by atoms with van der Waals surface area (Å²) < 4.78 is 20.8. The maximum absolute atomic E-state index is 14.1. The number of rotatable bonds is 3. The number of hydrogen-bond donors (Lipinski definition) is 1. The van der Waals surface area contributed by atoms with Crippen LogP contribution in [0.25, 0.3) is 21.7 Å². The molecule has 130 valence electrons. The molecule has 1 aliphatic heterocycles. The molecule has 0 spiro atoms. The molecule has 1 aromatic carbocycles.